The molecule has 0 saturated carbocycles. The molecule has 0 aromatic heterocycles. The van der Waals surface area contributed by atoms with Crippen molar-refractivity contribution in [3.63, 3.8) is 0 Å². The molecule has 0 spiro atoms. The normalized spacial score (nSPS) is 17.9. The van der Waals surface area contributed by atoms with Crippen LogP contribution in [0.4, 0.5) is 4.39 Å². The van der Waals surface area contributed by atoms with Crippen LogP contribution in [0.2, 0.25) is 5.02 Å². The number of carbonyl (C=O) groups is 1. The molecule has 0 bridgehead atoms. The van der Waals surface area contributed by atoms with Crippen LogP contribution < -0.4 is 5.32 Å². The lowest BCUT2D eigenvalue weighted by Gasteiger charge is -2.19. The van der Waals surface area contributed by atoms with Gasteiger partial charge < -0.3 is 5.32 Å². The van der Waals surface area contributed by atoms with Crippen molar-refractivity contribution in [2.24, 2.45) is 0 Å². The van der Waals surface area contributed by atoms with Gasteiger partial charge in [-0.25, -0.2) is 12.8 Å². The Morgan fingerprint density at radius 2 is 2.05 bits per heavy atom. The summed E-state index contributed by atoms with van der Waals surface area (Å²) in [4.78, 5) is 11.1. The van der Waals surface area contributed by atoms with Gasteiger partial charge in [0.25, 0.3) is 0 Å². The van der Waals surface area contributed by atoms with Crippen molar-refractivity contribution in [2.75, 3.05) is 19.6 Å². The third-order valence-electron chi connectivity index (χ3n) is 2.80. The first-order chi connectivity index (χ1) is 8.91. The van der Waals surface area contributed by atoms with Gasteiger partial charge in [0.1, 0.15) is 5.82 Å². The van der Waals surface area contributed by atoms with Gasteiger partial charge in [0.15, 0.2) is 0 Å². The number of nitrogens with one attached hydrogen (secondary N) is 1. The highest BCUT2D eigenvalue weighted by molar-refractivity contribution is 7.89. The number of sulfonamides is 1. The Labute approximate surface area is 115 Å². The smallest absolute Gasteiger partial charge is 0.243 e. The highest BCUT2D eigenvalue weighted by Crippen LogP contribution is 2.22. The molecule has 1 aliphatic rings. The number of hydrogen-bond donors (Lipinski definition) is 1. The number of carbonyl (C=O) groups excluding carboxylic acids is 1. The zero-order valence-corrected chi connectivity index (χ0v) is 11.5. The van der Waals surface area contributed by atoms with Crippen molar-refractivity contribution in [3.05, 3.63) is 29.0 Å². The van der Waals surface area contributed by atoms with E-state index in [2.05, 4.69) is 5.32 Å². The Morgan fingerprint density at radius 1 is 1.32 bits per heavy atom. The van der Waals surface area contributed by atoms with Crippen LogP contribution in [-0.4, -0.2) is 38.3 Å². The standard InChI is InChI=1S/C11H12ClFN2O3S/c12-9-7-8(1-2-10(9)13)19(17,18)15-5-3-11(16)14-4-6-15/h1-2,7H,3-6H2,(H,14,16). The molecule has 1 fully saturated rings. The third-order valence-corrected chi connectivity index (χ3v) is 4.98. The second-order valence-electron chi connectivity index (χ2n) is 4.08. The molecule has 8 heteroatoms. The molecular weight excluding hydrogens is 295 g/mol. The molecule has 2 rings (SSSR count). The van der Waals surface area contributed by atoms with Crippen molar-refractivity contribution in [2.45, 2.75) is 11.3 Å². The van der Waals surface area contributed by atoms with E-state index in [1.54, 1.807) is 0 Å². The van der Waals surface area contributed by atoms with Crippen molar-refractivity contribution in [3.8, 4) is 0 Å². The van der Waals surface area contributed by atoms with E-state index in [0.29, 0.717) is 0 Å². The van der Waals surface area contributed by atoms with Crippen molar-refractivity contribution in [1.82, 2.24) is 9.62 Å². The molecule has 19 heavy (non-hydrogen) atoms. The summed E-state index contributed by atoms with van der Waals surface area (Å²) in [5, 5.41) is 2.34. The number of halogens is 2. The molecule has 1 amide bonds. The lowest BCUT2D eigenvalue weighted by molar-refractivity contribution is -0.120. The summed E-state index contributed by atoms with van der Waals surface area (Å²) < 4.78 is 38.9. The molecule has 0 radical (unpaired) electrons. The van der Waals surface area contributed by atoms with Gasteiger partial charge in [-0.2, -0.15) is 4.31 Å². The van der Waals surface area contributed by atoms with E-state index in [1.165, 1.54) is 4.31 Å². The maximum atomic E-state index is 13.1. The Hall–Kier alpha value is -1.18. The van der Waals surface area contributed by atoms with Gasteiger partial charge in [-0.1, -0.05) is 11.6 Å². The fourth-order valence-corrected chi connectivity index (χ4v) is 3.49. The molecule has 1 heterocycles. The molecule has 5 nitrogen and oxygen atoms in total. The van der Waals surface area contributed by atoms with Gasteiger partial charge in [-0.15, -0.1) is 0 Å². The Kier molecular flexibility index (Phi) is 4.07. The highest BCUT2D eigenvalue weighted by atomic mass is 35.5. The van der Waals surface area contributed by atoms with Crippen LogP contribution in [-0.2, 0) is 14.8 Å². The van der Waals surface area contributed by atoms with Gasteiger partial charge >= 0.3 is 0 Å². The fraction of sp³-hybridized carbons (Fsp3) is 0.364. The summed E-state index contributed by atoms with van der Waals surface area (Å²) in [5.41, 5.74) is 0. The maximum Gasteiger partial charge on any atom is 0.243 e. The fourth-order valence-electron chi connectivity index (χ4n) is 1.77. The molecular formula is C11H12ClFN2O3S. The average molecular weight is 307 g/mol. The summed E-state index contributed by atoms with van der Waals surface area (Å²) in [5.74, 6) is -0.858. The third kappa shape index (κ3) is 3.05. The minimum atomic E-state index is -3.76. The molecule has 104 valence electrons. The molecule has 1 N–H and O–H groups in total. The van der Waals surface area contributed by atoms with Gasteiger partial charge in [0.05, 0.1) is 9.92 Å². The van der Waals surface area contributed by atoms with Crippen molar-refractivity contribution >= 4 is 27.5 Å². The zero-order chi connectivity index (χ0) is 14.0. The van der Waals surface area contributed by atoms with Gasteiger partial charge in [-0.3, -0.25) is 4.79 Å². The van der Waals surface area contributed by atoms with Crippen LogP contribution in [0, 0.1) is 5.82 Å². The average Bonchev–Trinajstić information content (AvgIpc) is 2.57. The lowest BCUT2D eigenvalue weighted by atomic mass is 10.3. The lowest BCUT2D eigenvalue weighted by Crippen LogP contribution is -2.34. The number of hydrogen-bond acceptors (Lipinski definition) is 3. The Morgan fingerprint density at radius 3 is 2.74 bits per heavy atom. The number of nitrogens with zero attached hydrogens (tertiary/aromatic N) is 1. The summed E-state index contributed by atoms with van der Waals surface area (Å²) in [6.07, 6.45) is 0.105. The van der Waals surface area contributed by atoms with Gasteiger partial charge in [0, 0.05) is 26.1 Å². The highest BCUT2D eigenvalue weighted by Gasteiger charge is 2.27. The van der Waals surface area contributed by atoms with E-state index in [-0.39, 0.29) is 41.9 Å². The van der Waals surface area contributed by atoms with Crippen molar-refractivity contribution in [1.29, 1.82) is 0 Å². The van der Waals surface area contributed by atoms with Crippen LogP contribution in [0.3, 0.4) is 0 Å². The predicted molar refractivity (Wildman–Crippen MR) is 67.8 cm³/mol. The topological polar surface area (TPSA) is 66.5 Å². The van der Waals surface area contributed by atoms with E-state index in [4.69, 9.17) is 11.6 Å². The molecule has 0 unspecified atom stereocenters. The van der Waals surface area contributed by atoms with E-state index >= 15 is 0 Å². The van der Waals surface area contributed by atoms with Crippen LogP contribution >= 0.6 is 11.6 Å². The predicted octanol–water partition coefficient (Wildman–Crippen LogP) is 0.990. The molecule has 0 aliphatic carbocycles. The second-order valence-corrected chi connectivity index (χ2v) is 6.43. The summed E-state index contributed by atoms with van der Waals surface area (Å²) >= 11 is 5.59. The van der Waals surface area contributed by atoms with E-state index in [0.717, 1.165) is 18.2 Å². The van der Waals surface area contributed by atoms with Crippen molar-refractivity contribution < 1.29 is 17.6 Å². The SMILES string of the molecule is O=C1CCN(S(=O)(=O)c2ccc(F)c(Cl)c2)CCN1. The van der Waals surface area contributed by atoms with Gasteiger partial charge in [0.2, 0.25) is 15.9 Å². The number of rotatable bonds is 2. The van der Waals surface area contributed by atoms with Crippen LogP contribution in [0.5, 0.6) is 0 Å². The largest absolute Gasteiger partial charge is 0.355 e. The number of benzene rings is 1. The van der Waals surface area contributed by atoms with Crippen LogP contribution in [0.1, 0.15) is 6.42 Å². The van der Waals surface area contributed by atoms with E-state index in [9.17, 15) is 17.6 Å². The molecule has 1 aromatic carbocycles. The summed E-state index contributed by atoms with van der Waals surface area (Å²) in [6.45, 7) is 0.541. The number of amides is 1. The molecule has 1 aromatic rings. The van der Waals surface area contributed by atoms with Gasteiger partial charge in [-0.05, 0) is 18.2 Å². The zero-order valence-electron chi connectivity index (χ0n) is 9.90. The minimum absolute atomic E-state index is 0.0757. The second kappa shape index (κ2) is 5.44. The minimum Gasteiger partial charge on any atom is -0.355 e. The van der Waals surface area contributed by atoms with Crippen LogP contribution in [0.25, 0.3) is 0 Å². The summed E-state index contributed by atoms with van der Waals surface area (Å²) in [6, 6.07) is 3.25. The maximum absolute atomic E-state index is 13.1. The molecule has 1 saturated heterocycles. The molecule has 1 aliphatic heterocycles. The van der Waals surface area contributed by atoms with Crippen LogP contribution in [0.15, 0.2) is 23.1 Å². The quantitative estimate of drug-likeness (QED) is 0.886. The monoisotopic (exact) mass is 306 g/mol. The first-order valence-electron chi connectivity index (χ1n) is 5.63. The Balaban J connectivity index is 2.30. The Bertz CT molecular complexity index is 606. The summed E-state index contributed by atoms with van der Waals surface area (Å²) in [7, 11) is -3.76. The molecule has 0 atom stereocenters. The first kappa shape index (κ1) is 14.2. The van der Waals surface area contributed by atoms with E-state index in [1.807, 2.05) is 0 Å². The van der Waals surface area contributed by atoms with E-state index < -0.39 is 15.8 Å². The first-order valence-corrected chi connectivity index (χ1v) is 7.45.